The van der Waals surface area contributed by atoms with Gasteiger partial charge in [-0.2, -0.15) is 0 Å². The summed E-state index contributed by atoms with van der Waals surface area (Å²) in [6.45, 7) is 4.06. The monoisotopic (exact) mass is 483 g/mol. The Bertz CT molecular complexity index is 1290. The van der Waals surface area contributed by atoms with Crippen molar-refractivity contribution in [2.75, 3.05) is 19.7 Å². The normalized spacial score (nSPS) is 19.8. The van der Waals surface area contributed by atoms with Crippen molar-refractivity contribution in [3.05, 3.63) is 41.6 Å². The fourth-order valence-electron chi connectivity index (χ4n) is 4.48. The lowest BCUT2D eigenvalue weighted by molar-refractivity contribution is -0.130. The molecule has 1 aliphatic carbocycles. The number of fused-ring (bicyclic) bond motifs is 1. The lowest BCUT2D eigenvalue weighted by Gasteiger charge is -2.16. The zero-order valence-electron chi connectivity index (χ0n) is 19.6. The highest BCUT2D eigenvalue weighted by molar-refractivity contribution is 6.09. The zero-order valence-corrected chi connectivity index (χ0v) is 19.6. The van der Waals surface area contributed by atoms with Gasteiger partial charge in [-0.3, -0.25) is 9.59 Å². The molecule has 0 spiro atoms. The van der Waals surface area contributed by atoms with Gasteiger partial charge in [-0.15, -0.1) is 0 Å². The lowest BCUT2D eigenvalue weighted by Crippen LogP contribution is -2.42. The fraction of sp³-hybridized carbons (Fsp3) is 0.440. The molecule has 2 aromatic heterocycles. The van der Waals surface area contributed by atoms with Gasteiger partial charge in [-0.1, -0.05) is 6.92 Å². The molecule has 2 N–H and O–H groups in total. The second-order valence-corrected chi connectivity index (χ2v) is 9.21. The van der Waals surface area contributed by atoms with Gasteiger partial charge in [0.15, 0.2) is 0 Å². The van der Waals surface area contributed by atoms with Gasteiger partial charge in [-0.25, -0.2) is 18.7 Å². The number of amides is 2. The number of hydrogen-bond acceptors (Lipinski definition) is 5. The molecular weight excluding hydrogens is 456 g/mol. The molecule has 2 fully saturated rings. The highest BCUT2D eigenvalue weighted by atomic mass is 19.1. The number of aryl methyl sites for hydroxylation is 1. The number of benzene rings is 1. The van der Waals surface area contributed by atoms with Gasteiger partial charge in [0.1, 0.15) is 35.3 Å². The van der Waals surface area contributed by atoms with Crippen LogP contribution in [0.4, 0.5) is 8.78 Å². The van der Waals surface area contributed by atoms with Gasteiger partial charge in [0.05, 0.1) is 30.3 Å². The van der Waals surface area contributed by atoms with Crippen LogP contribution in [0, 0.1) is 18.7 Å². The summed E-state index contributed by atoms with van der Waals surface area (Å²) in [5.41, 5.74) is 2.45. The van der Waals surface area contributed by atoms with Crippen molar-refractivity contribution in [1.82, 2.24) is 25.2 Å². The van der Waals surface area contributed by atoms with Gasteiger partial charge in [0.25, 0.3) is 5.91 Å². The van der Waals surface area contributed by atoms with E-state index in [0.29, 0.717) is 46.3 Å². The molecular formula is C25H27F2N5O3. The van der Waals surface area contributed by atoms with Crippen LogP contribution in [0.1, 0.15) is 42.2 Å². The second-order valence-electron chi connectivity index (χ2n) is 9.21. The van der Waals surface area contributed by atoms with E-state index in [2.05, 4.69) is 20.3 Å². The molecule has 0 bridgehead atoms. The highest BCUT2D eigenvalue weighted by Crippen LogP contribution is 2.36. The summed E-state index contributed by atoms with van der Waals surface area (Å²) in [6.07, 6.45) is 2.47. The Balaban J connectivity index is 1.46. The highest BCUT2D eigenvalue weighted by Gasteiger charge is 2.36. The first kappa shape index (κ1) is 23.2. The number of aromatic amines is 1. The van der Waals surface area contributed by atoms with E-state index in [-0.39, 0.29) is 31.0 Å². The van der Waals surface area contributed by atoms with Crippen LogP contribution in [-0.4, -0.2) is 63.6 Å². The number of alkyl halides is 1. The van der Waals surface area contributed by atoms with Crippen molar-refractivity contribution < 1.29 is 23.1 Å². The molecule has 35 heavy (non-hydrogen) atoms. The maximum atomic E-state index is 14.6. The molecule has 5 rings (SSSR count). The number of hydrogen-bond donors (Lipinski definition) is 2. The smallest absolute Gasteiger partial charge is 0.255 e. The summed E-state index contributed by atoms with van der Waals surface area (Å²) in [5.74, 6) is -0.0717. The van der Waals surface area contributed by atoms with E-state index in [0.717, 1.165) is 12.8 Å². The van der Waals surface area contributed by atoms with E-state index in [9.17, 15) is 18.4 Å². The quantitative estimate of drug-likeness (QED) is 0.535. The maximum Gasteiger partial charge on any atom is 0.255 e. The van der Waals surface area contributed by atoms with E-state index < -0.39 is 23.9 Å². The van der Waals surface area contributed by atoms with Crippen molar-refractivity contribution >= 4 is 22.8 Å². The number of rotatable bonds is 7. The Morgan fingerprint density at radius 3 is 2.80 bits per heavy atom. The number of carbonyl (C=O) groups excluding carboxylic acids is 2. The van der Waals surface area contributed by atoms with E-state index in [4.69, 9.17) is 4.74 Å². The first-order valence-corrected chi connectivity index (χ1v) is 11.8. The summed E-state index contributed by atoms with van der Waals surface area (Å²) in [7, 11) is 0. The number of likely N-dealkylation sites (tertiary alicyclic amines) is 1. The predicted molar refractivity (Wildman–Crippen MR) is 125 cm³/mol. The fourth-order valence-corrected chi connectivity index (χ4v) is 4.48. The van der Waals surface area contributed by atoms with Crippen LogP contribution in [0.15, 0.2) is 24.5 Å². The third-order valence-electron chi connectivity index (χ3n) is 6.59. The van der Waals surface area contributed by atoms with Crippen LogP contribution in [0.25, 0.3) is 22.3 Å². The van der Waals surface area contributed by atoms with E-state index in [1.165, 1.54) is 23.4 Å². The van der Waals surface area contributed by atoms with Gasteiger partial charge < -0.3 is 19.9 Å². The Morgan fingerprint density at radius 1 is 1.26 bits per heavy atom. The van der Waals surface area contributed by atoms with Crippen molar-refractivity contribution in [3.8, 4) is 17.0 Å². The Labute approximate surface area is 201 Å². The molecule has 8 nitrogen and oxygen atoms in total. The SMILES string of the molecule is CCC(=O)N1C[C@H](NC(=O)c2c(C)[nH]c3c(-c4cc(F)ccc4OCC4CC4)ncnc23)[C@@H](F)C1. The number of nitrogens with one attached hydrogen (secondary N) is 2. The van der Waals surface area contributed by atoms with Crippen molar-refractivity contribution in [2.24, 2.45) is 5.92 Å². The van der Waals surface area contributed by atoms with Crippen LogP contribution in [0.3, 0.4) is 0 Å². The summed E-state index contributed by atoms with van der Waals surface area (Å²) < 4.78 is 34.7. The Morgan fingerprint density at radius 2 is 2.06 bits per heavy atom. The molecule has 1 saturated heterocycles. The molecule has 10 heteroatoms. The van der Waals surface area contributed by atoms with Gasteiger partial charge >= 0.3 is 0 Å². The van der Waals surface area contributed by atoms with E-state index >= 15 is 0 Å². The standard InChI is InChI=1S/C25H27F2N5O3/c1-3-20(33)32-9-17(27)18(10-32)31-25(34)21-13(2)30-24-22(28-12-29-23(21)24)16-8-15(26)6-7-19(16)35-11-14-4-5-14/h6-8,12,14,17-18,30H,3-5,9-11H2,1-2H3,(H,31,34)/t17-,18-/m0/s1. The maximum absolute atomic E-state index is 14.6. The third-order valence-corrected chi connectivity index (χ3v) is 6.59. The van der Waals surface area contributed by atoms with Crippen LogP contribution in [0.5, 0.6) is 5.75 Å². The Kier molecular flexibility index (Phi) is 6.12. The topological polar surface area (TPSA) is 100 Å². The van der Waals surface area contributed by atoms with Gasteiger partial charge in [0, 0.05) is 24.2 Å². The molecule has 3 aromatic rings. The first-order valence-electron chi connectivity index (χ1n) is 11.8. The summed E-state index contributed by atoms with van der Waals surface area (Å²) in [5, 5.41) is 2.72. The van der Waals surface area contributed by atoms with E-state index in [1.807, 2.05) is 0 Å². The van der Waals surface area contributed by atoms with Crippen LogP contribution >= 0.6 is 0 Å². The van der Waals surface area contributed by atoms with Crippen LogP contribution < -0.4 is 10.1 Å². The average molecular weight is 484 g/mol. The van der Waals surface area contributed by atoms with Crippen molar-refractivity contribution in [3.63, 3.8) is 0 Å². The summed E-state index contributed by atoms with van der Waals surface area (Å²) in [4.78, 5) is 38.4. The molecule has 1 aromatic carbocycles. The Hall–Kier alpha value is -3.56. The zero-order chi connectivity index (χ0) is 24.7. The van der Waals surface area contributed by atoms with Crippen LogP contribution in [0.2, 0.25) is 0 Å². The number of H-pyrrole nitrogens is 1. The van der Waals surface area contributed by atoms with Crippen molar-refractivity contribution in [2.45, 2.75) is 45.3 Å². The first-order chi connectivity index (χ1) is 16.9. The summed E-state index contributed by atoms with van der Waals surface area (Å²) >= 11 is 0. The lowest BCUT2D eigenvalue weighted by atomic mass is 10.1. The average Bonchev–Trinajstić information content (AvgIpc) is 3.51. The molecule has 2 aliphatic rings. The predicted octanol–water partition coefficient (Wildman–Crippen LogP) is 3.55. The summed E-state index contributed by atoms with van der Waals surface area (Å²) in [6, 6.07) is 3.46. The van der Waals surface area contributed by atoms with E-state index in [1.54, 1.807) is 19.9 Å². The van der Waals surface area contributed by atoms with Gasteiger partial charge in [-0.05, 0) is 43.9 Å². The minimum atomic E-state index is -1.36. The molecule has 3 heterocycles. The molecule has 0 radical (unpaired) electrons. The number of nitrogens with zero attached hydrogens (tertiary/aromatic N) is 3. The van der Waals surface area contributed by atoms with Gasteiger partial charge in [0.2, 0.25) is 5.91 Å². The second kappa shape index (κ2) is 9.24. The number of ether oxygens (including phenoxy) is 1. The molecule has 1 aliphatic heterocycles. The molecule has 0 unspecified atom stereocenters. The molecule has 1 saturated carbocycles. The number of halogens is 2. The molecule has 184 valence electrons. The number of aromatic nitrogens is 3. The largest absolute Gasteiger partial charge is 0.493 e. The molecule has 2 atom stereocenters. The molecule has 2 amide bonds. The van der Waals surface area contributed by atoms with Crippen LogP contribution in [-0.2, 0) is 4.79 Å². The minimum Gasteiger partial charge on any atom is -0.493 e. The third kappa shape index (κ3) is 4.56. The van der Waals surface area contributed by atoms with Crippen molar-refractivity contribution in [1.29, 1.82) is 0 Å². The minimum absolute atomic E-state index is 0.0417. The number of carbonyl (C=O) groups is 2.